The first-order chi connectivity index (χ1) is 12.7. The predicted octanol–water partition coefficient (Wildman–Crippen LogP) is 3.39. The summed E-state index contributed by atoms with van der Waals surface area (Å²) in [6.07, 6.45) is 7.62. The molecule has 1 aliphatic heterocycles. The van der Waals surface area contributed by atoms with Crippen molar-refractivity contribution in [2.24, 2.45) is 7.05 Å². The van der Waals surface area contributed by atoms with Gasteiger partial charge < -0.3 is 14.2 Å². The standard InChI is InChI=1S/C21H23N3O2/c1-23-11-8-17-6-7-18(12-20(17)23)21(25)24-10-3-5-19(14-24)26-15-16-4-2-9-22-13-16/h2,4,6-9,11-13,19H,3,5,10,14-15H2,1H3. The van der Waals surface area contributed by atoms with Gasteiger partial charge in [0.2, 0.25) is 0 Å². The van der Waals surface area contributed by atoms with Gasteiger partial charge in [-0.25, -0.2) is 0 Å². The SMILES string of the molecule is Cn1ccc2ccc(C(=O)N3CCCC(OCc4cccnc4)C3)cc21. The van der Waals surface area contributed by atoms with Gasteiger partial charge in [-0.1, -0.05) is 12.1 Å². The number of rotatable bonds is 4. The number of carbonyl (C=O) groups excluding carboxylic acids is 1. The molecule has 1 unspecified atom stereocenters. The van der Waals surface area contributed by atoms with Crippen LogP contribution >= 0.6 is 0 Å². The van der Waals surface area contributed by atoms with Crippen LogP contribution in [0.5, 0.6) is 0 Å². The van der Waals surface area contributed by atoms with Crippen molar-refractivity contribution in [3.63, 3.8) is 0 Å². The number of nitrogens with zero attached hydrogens (tertiary/aromatic N) is 3. The quantitative estimate of drug-likeness (QED) is 0.725. The Hall–Kier alpha value is -2.66. The lowest BCUT2D eigenvalue weighted by atomic mass is 10.1. The fraction of sp³-hybridized carbons (Fsp3) is 0.333. The molecule has 4 rings (SSSR count). The van der Waals surface area contributed by atoms with E-state index in [0.717, 1.165) is 41.4 Å². The van der Waals surface area contributed by atoms with Crippen LogP contribution < -0.4 is 0 Å². The van der Waals surface area contributed by atoms with Crippen LogP contribution in [0.1, 0.15) is 28.8 Å². The third kappa shape index (κ3) is 3.48. The molecule has 0 saturated carbocycles. The average Bonchev–Trinajstić information content (AvgIpc) is 3.07. The van der Waals surface area contributed by atoms with Gasteiger partial charge in [0.1, 0.15) is 0 Å². The van der Waals surface area contributed by atoms with Gasteiger partial charge in [-0.3, -0.25) is 9.78 Å². The van der Waals surface area contributed by atoms with E-state index in [2.05, 4.69) is 11.1 Å². The predicted molar refractivity (Wildman–Crippen MR) is 101 cm³/mol. The number of hydrogen-bond acceptors (Lipinski definition) is 3. The van der Waals surface area contributed by atoms with Crippen LogP contribution in [0, 0.1) is 0 Å². The maximum absolute atomic E-state index is 12.9. The molecule has 5 heteroatoms. The van der Waals surface area contributed by atoms with E-state index in [9.17, 15) is 4.79 Å². The summed E-state index contributed by atoms with van der Waals surface area (Å²) in [5, 5.41) is 1.15. The number of pyridine rings is 1. The van der Waals surface area contributed by atoms with E-state index in [1.165, 1.54) is 0 Å². The normalized spacial score (nSPS) is 17.6. The van der Waals surface area contributed by atoms with E-state index in [4.69, 9.17) is 4.74 Å². The molecule has 1 aromatic carbocycles. The van der Waals surface area contributed by atoms with Crippen LogP contribution in [0.2, 0.25) is 0 Å². The van der Waals surface area contributed by atoms with Gasteiger partial charge in [0.05, 0.1) is 12.7 Å². The topological polar surface area (TPSA) is 47.4 Å². The second-order valence-electron chi connectivity index (χ2n) is 6.89. The van der Waals surface area contributed by atoms with Crippen molar-refractivity contribution >= 4 is 16.8 Å². The van der Waals surface area contributed by atoms with Gasteiger partial charge in [0, 0.05) is 49.8 Å². The lowest BCUT2D eigenvalue weighted by Crippen LogP contribution is -2.43. The minimum atomic E-state index is 0.0756. The van der Waals surface area contributed by atoms with E-state index in [0.29, 0.717) is 13.2 Å². The van der Waals surface area contributed by atoms with Gasteiger partial charge in [-0.2, -0.15) is 0 Å². The number of hydrogen-bond donors (Lipinski definition) is 0. The molecule has 3 heterocycles. The van der Waals surface area contributed by atoms with Crippen molar-refractivity contribution in [3.8, 4) is 0 Å². The first kappa shape index (κ1) is 16.8. The molecular weight excluding hydrogens is 326 g/mol. The summed E-state index contributed by atoms with van der Waals surface area (Å²) in [4.78, 5) is 19.0. The first-order valence-electron chi connectivity index (χ1n) is 9.05. The molecule has 0 radical (unpaired) electrons. The minimum Gasteiger partial charge on any atom is -0.372 e. The van der Waals surface area contributed by atoms with Crippen LogP contribution in [0.25, 0.3) is 10.9 Å². The molecule has 1 atom stereocenters. The van der Waals surface area contributed by atoms with Crippen molar-refractivity contribution < 1.29 is 9.53 Å². The van der Waals surface area contributed by atoms with Crippen LogP contribution in [0.15, 0.2) is 55.0 Å². The van der Waals surface area contributed by atoms with E-state index >= 15 is 0 Å². The maximum atomic E-state index is 12.9. The molecule has 0 bridgehead atoms. The van der Waals surface area contributed by atoms with E-state index in [1.54, 1.807) is 6.20 Å². The molecule has 5 nitrogen and oxygen atoms in total. The Morgan fingerprint density at radius 1 is 1.31 bits per heavy atom. The van der Waals surface area contributed by atoms with Crippen LogP contribution in [0.3, 0.4) is 0 Å². The fourth-order valence-corrected chi connectivity index (χ4v) is 3.53. The summed E-state index contributed by atoms with van der Waals surface area (Å²) in [7, 11) is 2.00. The van der Waals surface area contributed by atoms with E-state index in [-0.39, 0.29) is 12.0 Å². The third-order valence-corrected chi connectivity index (χ3v) is 5.01. The Balaban J connectivity index is 1.42. The summed E-state index contributed by atoms with van der Waals surface area (Å²) in [5.74, 6) is 0.0859. The van der Waals surface area contributed by atoms with Crippen LogP contribution in [-0.2, 0) is 18.4 Å². The van der Waals surface area contributed by atoms with Gasteiger partial charge in [0.25, 0.3) is 5.91 Å². The molecule has 1 amide bonds. The summed E-state index contributed by atoms with van der Waals surface area (Å²) in [5.41, 5.74) is 2.88. The molecule has 1 aliphatic rings. The summed E-state index contributed by atoms with van der Waals surface area (Å²) in [6.45, 7) is 1.97. The Morgan fingerprint density at radius 3 is 3.08 bits per heavy atom. The molecule has 2 aromatic heterocycles. The molecular formula is C21H23N3O2. The molecule has 1 fully saturated rings. The smallest absolute Gasteiger partial charge is 0.254 e. The van der Waals surface area contributed by atoms with Crippen molar-refractivity contribution in [3.05, 3.63) is 66.1 Å². The van der Waals surface area contributed by atoms with Crippen molar-refractivity contribution in [2.45, 2.75) is 25.6 Å². The second kappa shape index (κ2) is 7.30. The number of benzene rings is 1. The van der Waals surface area contributed by atoms with Gasteiger partial charge in [-0.05, 0) is 48.1 Å². The zero-order valence-corrected chi connectivity index (χ0v) is 15.0. The zero-order chi connectivity index (χ0) is 17.9. The van der Waals surface area contributed by atoms with Crippen molar-refractivity contribution in [1.82, 2.24) is 14.5 Å². The highest BCUT2D eigenvalue weighted by molar-refractivity contribution is 5.98. The highest BCUT2D eigenvalue weighted by Crippen LogP contribution is 2.21. The minimum absolute atomic E-state index is 0.0756. The van der Waals surface area contributed by atoms with E-state index < -0.39 is 0 Å². The number of piperidine rings is 1. The maximum Gasteiger partial charge on any atom is 0.254 e. The number of aromatic nitrogens is 2. The summed E-state index contributed by atoms with van der Waals surface area (Å²) in [6, 6.07) is 11.9. The first-order valence-corrected chi connectivity index (χ1v) is 9.05. The lowest BCUT2D eigenvalue weighted by Gasteiger charge is -2.32. The molecule has 0 aliphatic carbocycles. The number of amides is 1. The van der Waals surface area contributed by atoms with Crippen LogP contribution in [-0.4, -0.2) is 39.6 Å². The molecule has 0 spiro atoms. The second-order valence-corrected chi connectivity index (χ2v) is 6.89. The number of fused-ring (bicyclic) bond motifs is 1. The molecule has 26 heavy (non-hydrogen) atoms. The zero-order valence-electron chi connectivity index (χ0n) is 15.0. The largest absolute Gasteiger partial charge is 0.372 e. The third-order valence-electron chi connectivity index (χ3n) is 5.01. The Kier molecular flexibility index (Phi) is 4.71. The molecule has 134 valence electrons. The number of aryl methyl sites for hydroxylation is 1. The van der Waals surface area contributed by atoms with Gasteiger partial charge in [-0.15, -0.1) is 0 Å². The van der Waals surface area contributed by atoms with Gasteiger partial charge in [0.15, 0.2) is 0 Å². The van der Waals surface area contributed by atoms with Crippen molar-refractivity contribution in [1.29, 1.82) is 0 Å². The van der Waals surface area contributed by atoms with Gasteiger partial charge >= 0.3 is 0 Å². The van der Waals surface area contributed by atoms with Crippen LogP contribution in [0.4, 0.5) is 0 Å². The molecule has 1 saturated heterocycles. The Bertz CT molecular complexity index is 904. The fourth-order valence-electron chi connectivity index (χ4n) is 3.53. The number of carbonyl (C=O) groups is 1. The molecule has 3 aromatic rings. The molecule has 0 N–H and O–H groups in total. The lowest BCUT2D eigenvalue weighted by molar-refractivity contribution is -0.00680. The number of likely N-dealkylation sites (tertiary alicyclic amines) is 1. The van der Waals surface area contributed by atoms with E-state index in [1.807, 2.05) is 59.2 Å². The summed E-state index contributed by atoms with van der Waals surface area (Å²) >= 11 is 0. The summed E-state index contributed by atoms with van der Waals surface area (Å²) < 4.78 is 8.07. The highest BCUT2D eigenvalue weighted by atomic mass is 16.5. The van der Waals surface area contributed by atoms with Crippen molar-refractivity contribution in [2.75, 3.05) is 13.1 Å². The monoisotopic (exact) mass is 349 g/mol. The Labute approximate surface area is 153 Å². The Morgan fingerprint density at radius 2 is 2.23 bits per heavy atom. The highest BCUT2D eigenvalue weighted by Gasteiger charge is 2.25. The number of ether oxygens (including phenoxy) is 1. The average molecular weight is 349 g/mol.